The second-order valence-electron chi connectivity index (χ2n) is 4.45. The van der Waals surface area contributed by atoms with E-state index >= 15 is 0 Å². The first kappa shape index (κ1) is 13.9. The maximum absolute atomic E-state index is 13.6. The first-order valence-corrected chi connectivity index (χ1v) is 7.15. The summed E-state index contributed by atoms with van der Waals surface area (Å²) in [5, 5.41) is 0.442. The van der Waals surface area contributed by atoms with Gasteiger partial charge in [-0.1, -0.05) is 11.8 Å². The first-order chi connectivity index (χ1) is 10.1. The van der Waals surface area contributed by atoms with Crippen LogP contribution in [-0.4, -0.2) is 16.8 Å². The van der Waals surface area contributed by atoms with Gasteiger partial charge in [-0.15, -0.1) is 0 Å². The minimum atomic E-state index is -0.327. The molecular formula is C13H13FN4O2S. The molecule has 6 nitrogen and oxygen atoms in total. The van der Waals surface area contributed by atoms with Crippen molar-refractivity contribution in [3.63, 3.8) is 0 Å². The monoisotopic (exact) mass is 308 g/mol. The van der Waals surface area contributed by atoms with Crippen LogP contribution in [0.4, 0.5) is 16.0 Å². The number of aromatic nitrogens is 2. The van der Waals surface area contributed by atoms with Gasteiger partial charge in [0.05, 0.1) is 6.61 Å². The van der Waals surface area contributed by atoms with Crippen LogP contribution in [0.15, 0.2) is 23.4 Å². The summed E-state index contributed by atoms with van der Waals surface area (Å²) in [6.07, 6.45) is 0. The molecule has 1 aliphatic rings. The van der Waals surface area contributed by atoms with Crippen molar-refractivity contribution >= 4 is 23.4 Å². The highest BCUT2D eigenvalue weighted by atomic mass is 32.2. The van der Waals surface area contributed by atoms with Gasteiger partial charge in [-0.2, -0.15) is 0 Å². The number of hydrogen-bond donors (Lipinski definition) is 2. The second-order valence-corrected chi connectivity index (χ2v) is 5.40. The Morgan fingerprint density at radius 3 is 2.71 bits per heavy atom. The van der Waals surface area contributed by atoms with E-state index < -0.39 is 0 Å². The lowest BCUT2D eigenvalue weighted by Crippen LogP contribution is -2.13. The number of halogens is 1. The zero-order chi connectivity index (χ0) is 14.8. The molecule has 2 heterocycles. The fourth-order valence-electron chi connectivity index (χ4n) is 2.03. The largest absolute Gasteiger partial charge is 0.467 e. The highest BCUT2D eigenvalue weighted by molar-refractivity contribution is 7.98. The van der Waals surface area contributed by atoms with Crippen LogP contribution in [0, 0.1) is 5.82 Å². The van der Waals surface area contributed by atoms with Gasteiger partial charge < -0.3 is 20.9 Å². The Kier molecular flexibility index (Phi) is 3.80. The molecule has 2 aromatic rings. The van der Waals surface area contributed by atoms with E-state index in [9.17, 15) is 4.39 Å². The molecule has 1 aliphatic heterocycles. The summed E-state index contributed by atoms with van der Waals surface area (Å²) in [4.78, 5) is 8.15. The molecule has 0 radical (unpaired) electrons. The van der Waals surface area contributed by atoms with Gasteiger partial charge in [0.2, 0.25) is 0 Å². The molecule has 0 spiro atoms. The number of fused-ring (bicyclic) bond motifs is 1. The molecule has 0 fully saturated rings. The van der Waals surface area contributed by atoms with Crippen molar-refractivity contribution in [2.75, 3.05) is 18.3 Å². The van der Waals surface area contributed by atoms with Gasteiger partial charge in [-0.25, -0.2) is 14.4 Å². The Bertz CT molecular complexity index is 663. The normalized spacial score (nSPS) is 13.6. The van der Waals surface area contributed by atoms with Gasteiger partial charge in [-0.3, -0.25) is 0 Å². The number of nitrogens with two attached hydrogens (primary N) is 2. The topological polar surface area (TPSA) is 96.3 Å². The number of anilines is 2. The summed E-state index contributed by atoms with van der Waals surface area (Å²) in [6.45, 7) is 0.504. The van der Waals surface area contributed by atoms with Crippen LogP contribution in [0.5, 0.6) is 5.75 Å². The lowest BCUT2D eigenvalue weighted by molar-refractivity contribution is -0.0171. The van der Waals surface area contributed by atoms with Crippen LogP contribution in [0.25, 0.3) is 0 Å². The van der Waals surface area contributed by atoms with Crippen molar-refractivity contribution < 1.29 is 13.9 Å². The number of rotatable bonds is 3. The molecular weight excluding hydrogens is 295 g/mol. The Labute approximate surface area is 124 Å². The van der Waals surface area contributed by atoms with Crippen molar-refractivity contribution in [1.29, 1.82) is 0 Å². The zero-order valence-corrected chi connectivity index (χ0v) is 11.8. The summed E-state index contributed by atoms with van der Waals surface area (Å²) in [7, 11) is 0. The van der Waals surface area contributed by atoms with E-state index in [-0.39, 0.29) is 12.6 Å². The molecule has 3 rings (SSSR count). The van der Waals surface area contributed by atoms with Crippen LogP contribution >= 0.6 is 11.8 Å². The average molecular weight is 308 g/mol. The van der Waals surface area contributed by atoms with Gasteiger partial charge in [0.15, 0.2) is 11.9 Å². The van der Waals surface area contributed by atoms with E-state index in [1.54, 1.807) is 0 Å². The van der Waals surface area contributed by atoms with Gasteiger partial charge in [-0.05, 0) is 12.1 Å². The van der Waals surface area contributed by atoms with E-state index in [1.807, 2.05) is 0 Å². The molecule has 1 aromatic heterocycles. The summed E-state index contributed by atoms with van der Waals surface area (Å²) in [6, 6.07) is 4.33. The predicted octanol–water partition coefficient (Wildman–Crippen LogP) is 1.94. The molecule has 0 atom stereocenters. The molecule has 8 heteroatoms. The predicted molar refractivity (Wildman–Crippen MR) is 77.1 cm³/mol. The lowest BCUT2D eigenvalue weighted by Gasteiger charge is -2.20. The Morgan fingerprint density at radius 2 is 1.95 bits per heavy atom. The number of nitrogen functional groups attached to an aromatic ring is 2. The molecule has 0 unspecified atom stereocenters. The van der Waals surface area contributed by atoms with Gasteiger partial charge in [0.25, 0.3) is 0 Å². The van der Waals surface area contributed by atoms with E-state index in [0.29, 0.717) is 40.5 Å². The van der Waals surface area contributed by atoms with Crippen molar-refractivity contribution in [2.45, 2.75) is 17.5 Å². The molecule has 4 N–H and O–H groups in total. The number of ether oxygens (including phenoxy) is 2. The lowest BCUT2D eigenvalue weighted by atomic mass is 10.1. The van der Waals surface area contributed by atoms with Crippen molar-refractivity contribution in [2.24, 2.45) is 0 Å². The van der Waals surface area contributed by atoms with Crippen molar-refractivity contribution in [1.82, 2.24) is 9.97 Å². The minimum Gasteiger partial charge on any atom is -0.467 e. The maximum atomic E-state index is 13.6. The quantitative estimate of drug-likeness (QED) is 0.660. The highest BCUT2D eigenvalue weighted by Crippen LogP contribution is 2.33. The Hall–Kier alpha value is -2.06. The molecule has 0 amide bonds. The molecule has 21 heavy (non-hydrogen) atoms. The number of nitrogens with zero attached hydrogens (tertiary/aromatic N) is 2. The Morgan fingerprint density at radius 1 is 1.19 bits per heavy atom. The van der Waals surface area contributed by atoms with Crippen LogP contribution in [0.2, 0.25) is 0 Å². The number of thioether (sulfide) groups is 1. The van der Waals surface area contributed by atoms with Crippen molar-refractivity contribution in [3.8, 4) is 5.75 Å². The van der Waals surface area contributed by atoms with Crippen LogP contribution in [-0.2, 0) is 17.1 Å². The van der Waals surface area contributed by atoms with Gasteiger partial charge in [0, 0.05) is 22.9 Å². The zero-order valence-electron chi connectivity index (χ0n) is 11.0. The van der Waals surface area contributed by atoms with Crippen LogP contribution in [0.3, 0.4) is 0 Å². The van der Waals surface area contributed by atoms with Gasteiger partial charge >= 0.3 is 0 Å². The summed E-state index contributed by atoms with van der Waals surface area (Å²) < 4.78 is 24.2. The average Bonchev–Trinajstić information content (AvgIpc) is 2.43. The summed E-state index contributed by atoms with van der Waals surface area (Å²) in [5.74, 6) is 1.38. The number of hydrogen-bond acceptors (Lipinski definition) is 7. The summed E-state index contributed by atoms with van der Waals surface area (Å²) in [5.41, 5.74) is 12.7. The highest BCUT2D eigenvalue weighted by Gasteiger charge is 2.17. The fourth-order valence-corrected chi connectivity index (χ4v) is 2.87. The van der Waals surface area contributed by atoms with E-state index in [1.165, 1.54) is 30.0 Å². The fraction of sp³-hybridized carbons (Fsp3) is 0.231. The molecule has 110 valence electrons. The third-order valence-corrected chi connectivity index (χ3v) is 3.75. The van der Waals surface area contributed by atoms with Crippen molar-refractivity contribution in [3.05, 3.63) is 35.1 Å². The third kappa shape index (κ3) is 3.17. The SMILES string of the molecule is Nc1cc(N)nc(SCc2cc(F)cc3c2OCOC3)n1. The molecule has 0 saturated heterocycles. The Balaban J connectivity index is 1.83. The second kappa shape index (κ2) is 5.74. The van der Waals surface area contributed by atoms with Gasteiger partial charge in [0.1, 0.15) is 23.2 Å². The standard InChI is InChI=1S/C13H13FN4O2S/c14-9-1-7-4-19-6-20-12(7)8(2-9)5-21-13-17-10(15)3-11(16)18-13/h1-3H,4-6H2,(H4,15,16,17,18). The van der Waals surface area contributed by atoms with E-state index in [4.69, 9.17) is 20.9 Å². The molecule has 0 bridgehead atoms. The molecule has 1 aromatic carbocycles. The first-order valence-electron chi connectivity index (χ1n) is 6.16. The van der Waals surface area contributed by atoms with E-state index in [2.05, 4.69) is 9.97 Å². The maximum Gasteiger partial charge on any atom is 0.191 e. The summed E-state index contributed by atoms with van der Waals surface area (Å²) >= 11 is 1.31. The van der Waals surface area contributed by atoms with Crippen LogP contribution < -0.4 is 16.2 Å². The van der Waals surface area contributed by atoms with Crippen LogP contribution in [0.1, 0.15) is 11.1 Å². The molecule has 0 saturated carbocycles. The third-order valence-electron chi connectivity index (χ3n) is 2.85. The smallest absolute Gasteiger partial charge is 0.191 e. The number of benzene rings is 1. The molecule has 0 aliphatic carbocycles. The van der Waals surface area contributed by atoms with E-state index in [0.717, 1.165) is 5.56 Å². The minimum absolute atomic E-state index is 0.165.